The van der Waals surface area contributed by atoms with Gasteiger partial charge < -0.3 is 10.7 Å². The Labute approximate surface area is 133 Å². The number of anilines is 1. The highest BCUT2D eigenvalue weighted by atomic mass is 79.9. The molecule has 0 aliphatic carbocycles. The monoisotopic (exact) mass is 422 g/mol. The fourth-order valence-corrected chi connectivity index (χ4v) is 5.52. The molecule has 0 fully saturated rings. The van der Waals surface area contributed by atoms with Gasteiger partial charge in [-0.1, -0.05) is 0 Å². The molecule has 0 aliphatic rings. The molecule has 1 unspecified atom stereocenters. The maximum atomic E-state index is 12.4. The third-order valence-electron chi connectivity index (χ3n) is 2.55. The quantitative estimate of drug-likeness (QED) is 0.657. The summed E-state index contributed by atoms with van der Waals surface area (Å²) in [6, 6.07) is 2.60. The number of nitrogens with zero attached hydrogens (tertiary/aromatic N) is 1. The number of nitrogens with one attached hydrogen (secondary N) is 2. The van der Waals surface area contributed by atoms with Crippen molar-refractivity contribution in [1.29, 1.82) is 0 Å². The van der Waals surface area contributed by atoms with Crippen molar-refractivity contribution >= 4 is 47.6 Å². The largest absolute Gasteiger partial charge is 0.399 e. The Bertz CT molecular complexity index is 693. The summed E-state index contributed by atoms with van der Waals surface area (Å²) in [5, 5.41) is 0. The van der Waals surface area contributed by atoms with E-state index in [4.69, 9.17) is 5.73 Å². The lowest BCUT2D eigenvalue weighted by atomic mass is 10.3. The molecule has 2 aromatic rings. The first-order valence-electron chi connectivity index (χ1n) is 5.57. The van der Waals surface area contributed by atoms with E-state index in [1.54, 1.807) is 19.3 Å². The van der Waals surface area contributed by atoms with Gasteiger partial charge in [0.15, 0.2) is 0 Å². The lowest BCUT2D eigenvalue weighted by molar-refractivity contribution is 0.560. The minimum atomic E-state index is -3.72. The van der Waals surface area contributed by atoms with E-state index < -0.39 is 16.1 Å². The average molecular weight is 424 g/mol. The first-order valence-corrected chi connectivity index (χ1v) is 8.64. The Morgan fingerprint density at radius 3 is 2.45 bits per heavy atom. The number of imidazole rings is 1. The van der Waals surface area contributed by atoms with Crippen LogP contribution in [-0.4, -0.2) is 18.4 Å². The maximum Gasteiger partial charge on any atom is 0.243 e. The van der Waals surface area contributed by atoms with Gasteiger partial charge in [-0.25, -0.2) is 18.1 Å². The van der Waals surface area contributed by atoms with Crippen LogP contribution in [0.5, 0.6) is 0 Å². The van der Waals surface area contributed by atoms with Gasteiger partial charge in [0.05, 0.1) is 6.04 Å². The van der Waals surface area contributed by atoms with Crippen molar-refractivity contribution in [2.24, 2.45) is 0 Å². The molecule has 108 valence electrons. The zero-order chi connectivity index (χ0) is 14.9. The summed E-state index contributed by atoms with van der Waals surface area (Å²) in [6.07, 6.45) is 3.20. The van der Waals surface area contributed by atoms with E-state index >= 15 is 0 Å². The molecule has 0 bridgehead atoms. The third kappa shape index (κ3) is 3.22. The van der Waals surface area contributed by atoms with Crippen molar-refractivity contribution in [1.82, 2.24) is 14.7 Å². The Kier molecular flexibility index (Phi) is 4.52. The number of hydrogen-bond acceptors (Lipinski definition) is 4. The number of aromatic nitrogens is 2. The molecule has 1 heterocycles. The van der Waals surface area contributed by atoms with Gasteiger partial charge in [0.1, 0.15) is 10.7 Å². The highest BCUT2D eigenvalue weighted by Crippen LogP contribution is 2.32. The predicted octanol–water partition coefficient (Wildman–Crippen LogP) is 2.56. The van der Waals surface area contributed by atoms with Crippen molar-refractivity contribution in [2.45, 2.75) is 17.9 Å². The normalized spacial score (nSPS) is 13.3. The molecule has 4 N–H and O–H groups in total. The maximum absolute atomic E-state index is 12.4. The van der Waals surface area contributed by atoms with Gasteiger partial charge >= 0.3 is 0 Å². The fraction of sp³-hybridized carbons (Fsp3) is 0.182. The van der Waals surface area contributed by atoms with Crippen LogP contribution in [0.1, 0.15) is 18.8 Å². The van der Waals surface area contributed by atoms with Crippen molar-refractivity contribution in [3.8, 4) is 0 Å². The number of rotatable bonds is 4. The molecular formula is C11H12Br2N4O2S. The minimum absolute atomic E-state index is 0.102. The third-order valence-corrected chi connectivity index (χ3v) is 5.97. The fourth-order valence-electron chi connectivity index (χ4n) is 1.70. The molecule has 0 saturated carbocycles. The molecule has 0 aliphatic heterocycles. The van der Waals surface area contributed by atoms with Crippen molar-refractivity contribution in [2.75, 3.05) is 5.73 Å². The molecule has 1 atom stereocenters. The summed E-state index contributed by atoms with van der Waals surface area (Å²) in [6.45, 7) is 1.70. The molecule has 0 spiro atoms. The van der Waals surface area contributed by atoms with E-state index in [1.165, 1.54) is 12.1 Å². The van der Waals surface area contributed by atoms with Crippen LogP contribution in [0.4, 0.5) is 5.69 Å². The molecule has 0 radical (unpaired) electrons. The number of nitrogens with two attached hydrogens (primary N) is 1. The summed E-state index contributed by atoms with van der Waals surface area (Å²) in [5.41, 5.74) is 6.12. The molecular weight excluding hydrogens is 412 g/mol. The Morgan fingerprint density at radius 2 is 1.95 bits per heavy atom. The standard InChI is InChI=1S/C11H12Br2N4O2S/c1-6(11-15-2-3-16-11)17-20(18,19)10-8(12)4-7(14)5-9(10)13/h2-6,17H,14H2,1H3,(H,15,16). The van der Waals surface area contributed by atoms with Gasteiger partial charge in [0, 0.05) is 27.0 Å². The second kappa shape index (κ2) is 5.84. The summed E-state index contributed by atoms with van der Waals surface area (Å²) in [5.74, 6) is 0.538. The van der Waals surface area contributed by atoms with Crippen LogP contribution in [0.2, 0.25) is 0 Å². The molecule has 0 saturated heterocycles. The molecule has 0 amide bonds. The van der Waals surface area contributed by atoms with E-state index in [2.05, 4.69) is 46.5 Å². The highest BCUT2D eigenvalue weighted by molar-refractivity contribution is 9.11. The lowest BCUT2D eigenvalue weighted by Crippen LogP contribution is -2.28. The molecule has 1 aromatic heterocycles. The van der Waals surface area contributed by atoms with Gasteiger partial charge in [-0.05, 0) is 50.9 Å². The first kappa shape index (κ1) is 15.5. The van der Waals surface area contributed by atoms with E-state index in [0.29, 0.717) is 20.5 Å². The van der Waals surface area contributed by atoms with Crippen LogP contribution in [-0.2, 0) is 10.0 Å². The smallest absolute Gasteiger partial charge is 0.243 e. The predicted molar refractivity (Wildman–Crippen MR) is 83.6 cm³/mol. The second-order valence-electron chi connectivity index (χ2n) is 4.13. The molecule has 20 heavy (non-hydrogen) atoms. The SMILES string of the molecule is CC(NS(=O)(=O)c1c(Br)cc(N)cc1Br)c1ncc[nH]1. The second-order valence-corrected chi connectivity index (χ2v) is 7.49. The Morgan fingerprint density at radius 1 is 1.35 bits per heavy atom. The number of benzene rings is 1. The summed E-state index contributed by atoms with van der Waals surface area (Å²) >= 11 is 6.44. The Hall–Kier alpha value is -0.900. The summed E-state index contributed by atoms with van der Waals surface area (Å²) in [7, 11) is -3.72. The van der Waals surface area contributed by atoms with Gasteiger partial charge in [-0.15, -0.1) is 0 Å². The van der Waals surface area contributed by atoms with Crippen molar-refractivity contribution in [3.05, 3.63) is 39.3 Å². The van der Waals surface area contributed by atoms with E-state index in [1.807, 2.05) is 0 Å². The van der Waals surface area contributed by atoms with Gasteiger partial charge in [-0.2, -0.15) is 0 Å². The van der Waals surface area contributed by atoms with E-state index in [-0.39, 0.29) is 4.90 Å². The zero-order valence-electron chi connectivity index (χ0n) is 10.4. The van der Waals surface area contributed by atoms with Crippen molar-refractivity contribution in [3.63, 3.8) is 0 Å². The highest BCUT2D eigenvalue weighted by Gasteiger charge is 2.24. The van der Waals surface area contributed by atoms with Crippen LogP contribution in [0.15, 0.2) is 38.4 Å². The number of H-pyrrole nitrogens is 1. The number of sulfonamides is 1. The minimum Gasteiger partial charge on any atom is -0.399 e. The molecule has 2 rings (SSSR count). The molecule has 1 aromatic carbocycles. The summed E-state index contributed by atoms with van der Waals surface area (Å²) in [4.78, 5) is 7.00. The van der Waals surface area contributed by atoms with Crippen LogP contribution in [0.3, 0.4) is 0 Å². The van der Waals surface area contributed by atoms with Crippen LogP contribution in [0, 0.1) is 0 Å². The van der Waals surface area contributed by atoms with Crippen LogP contribution in [0.25, 0.3) is 0 Å². The zero-order valence-corrected chi connectivity index (χ0v) is 14.4. The van der Waals surface area contributed by atoms with Crippen molar-refractivity contribution < 1.29 is 8.42 Å². The van der Waals surface area contributed by atoms with E-state index in [0.717, 1.165) is 0 Å². The number of aromatic amines is 1. The first-order chi connectivity index (χ1) is 9.31. The lowest BCUT2D eigenvalue weighted by Gasteiger charge is -2.14. The molecule has 6 nitrogen and oxygen atoms in total. The van der Waals surface area contributed by atoms with E-state index in [9.17, 15) is 8.42 Å². The van der Waals surface area contributed by atoms with Gasteiger partial charge in [0.2, 0.25) is 10.0 Å². The van der Waals surface area contributed by atoms with Crippen LogP contribution < -0.4 is 10.5 Å². The average Bonchev–Trinajstić information content (AvgIpc) is 2.78. The Balaban J connectivity index is 2.37. The summed E-state index contributed by atoms with van der Waals surface area (Å²) < 4.78 is 28.2. The van der Waals surface area contributed by atoms with Crippen LogP contribution >= 0.6 is 31.9 Å². The van der Waals surface area contributed by atoms with Gasteiger partial charge in [-0.3, -0.25) is 0 Å². The number of halogens is 2. The van der Waals surface area contributed by atoms with Gasteiger partial charge in [0.25, 0.3) is 0 Å². The number of hydrogen-bond donors (Lipinski definition) is 3. The molecule has 9 heteroatoms. The topological polar surface area (TPSA) is 101 Å². The number of nitrogen functional groups attached to an aromatic ring is 1.